The van der Waals surface area contributed by atoms with Crippen molar-refractivity contribution in [3.63, 3.8) is 0 Å². The van der Waals surface area contributed by atoms with Crippen molar-refractivity contribution in [1.82, 2.24) is 10.6 Å². The Morgan fingerprint density at radius 1 is 0.900 bits per heavy atom. The number of aryl methyl sites for hydroxylation is 1. The first-order chi connectivity index (χ1) is 14.4. The van der Waals surface area contributed by atoms with E-state index in [0.29, 0.717) is 6.42 Å². The summed E-state index contributed by atoms with van der Waals surface area (Å²) < 4.78 is 5.17. The molecule has 160 valence electrons. The van der Waals surface area contributed by atoms with Crippen molar-refractivity contribution in [3.8, 4) is 0 Å². The Kier molecular flexibility index (Phi) is 8.87. The lowest BCUT2D eigenvalue weighted by Crippen LogP contribution is -2.53. The minimum atomic E-state index is -1.12. The van der Waals surface area contributed by atoms with Gasteiger partial charge in [0.1, 0.15) is 18.7 Å². The number of nitrogens with one attached hydrogen (secondary N) is 2. The van der Waals surface area contributed by atoms with Gasteiger partial charge in [0.15, 0.2) is 0 Å². The monoisotopic (exact) mass is 412 g/mol. The summed E-state index contributed by atoms with van der Waals surface area (Å²) in [6.45, 7) is 3.61. The van der Waals surface area contributed by atoms with Gasteiger partial charge >= 0.3 is 12.1 Å². The van der Waals surface area contributed by atoms with Gasteiger partial charge in [-0.25, -0.2) is 9.59 Å². The first-order valence-corrected chi connectivity index (χ1v) is 9.91. The molecule has 7 nitrogen and oxygen atoms in total. The van der Waals surface area contributed by atoms with Crippen molar-refractivity contribution in [3.05, 3.63) is 71.8 Å². The van der Waals surface area contributed by atoms with Crippen LogP contribution in [-0.2, 0) is 27.4 Å². The molecule has 2 atom stereocenters. The molecule has 2 rings (SSSR count). The molecule has 0 radical (unpaired) electrons. The molecule has 2 amide bonds. The maximum absolute atomic E-state index is 12.7. The summed E-state index contributed by atoms with van der Waals surface area (Å²) in [5.41, 5.74) is 1.81. The molecule has 7 heteroatoms. The highest BCUT2D eigenvalue weighted by Crippen LogP contribution is 2.08. The van der Waals surface area contributed by atoms with E-state index < -0.39 is 30.1 Å². The molecule has 30 heavy (non-hydrogen) atoms. The molecule has 0 aliphatic carbocycles. The number of benzene rings is 2. The summed E-state index contributed by atoms with van der Waals surface area (Å²) in [5.74, 6) is -1.92. The summed E-state index contributed by atoms with van der Waals surface area (Å²) in [6.07, 6.45) is 0.0228. The zero-order valence-corrected chi connectivity index (χ0v) is 17.2. The van der Waals surface area contributed by atoms with Gasteiger partial charge in [0.25, 0.3) is 0 Å². The number of carbonyl (C=O) groups excluding carboxylic acids is 2. The number of alkyl carbamates (subject to hydrolysis) is 1. The molecule has 0 aromatic heterocycles. The number of hydrogen-bond acceptors (Lipinski definition) is 4. The maximum atomic E-state index is 12.7. The molecule has 0 saturated heterocycles. The Balaban J connectivity index is 1.91. The third-order valence-corrected chi connectivity index (χ3v) is 4.61. The maximum Gasteiger partial charge on any atom is 0.408 e. The van der Waals surface area contributed by atoms with Crippen LogP contribution in [0, 0.1) is 5.92 Å². The second-order valence-corrected chi connectivity index (χ2v) is 7.35. The van der Waals surface area contributed by atoms with E-state index in [1.54, 1.807) is 13.8 Å². The van der Waals surface area contributed by atoms with E-state index in [1.165, 1.54) is 0 Å². The molecular formula is C23H28N2O5. The average molecular weight is 412 g/mol. The molecular weight excluding hydrogens is 384 g/mol. The van der Waals surface area contributed by atoms with Crippen LogP contribution in [-0.4, -0.2) is 35.2 Å². The van der Waals surface area contributed by atoms with E-state index in [0.717, 1.165) is 11.1 Å². The second-order valence-electron chi connectivity index (χ2n) is 7.35. The van der Waals surface area contributed by atoms with Crippen LogP contribution in [0.5, 0.6) is 0 Å². The smallest absolute Gasteiger partial charge is 0.408 e. The Bertz CT molecular complexity index is 824. The third-order valence-electron chi connectivity index (χ3n) is 4.61. The van der Waals surface area contributed by atoms with Crippen molar-refractivity contribution in [2.75, 3.05) is 0 Å². The molecule has 2 aromatic rings. The fraction of sp³-hybridized carbons (Fsp3) is 0.348. The van der Waals surface area contributed by atoms with Gasteiger partial charge < -0.3 is 20.5 Å². The minimum Gasteiger partial charge on any atom is -0.480 e. The van der Waals surface area contributed by atoms with Gasteiger partial charge in [-0.05, 0) is 29.9 Å². The molecule has 0 aliphatic rings. The molecule has 2 aromatic carbocycles. The van der Waals surface area contributed by atoms with Crippen LogP contribution < -0.4 is 10.6 Å². The molecule has 0 fully saturated rings. The van der Waals surface area contributed by atoms with Gasteiger partial charge in [-0.2, -0.15) is 0 Å². The van der Waals surface area contributed by atoms with E-state index in [4.69, 9.17) is 4.74 Å². The normalized spacial score (nSPS) is 12.6. The molecule has 0 spiro atoms. The molecule has 0 aliphatic heterocycles. The van der Waals surface area contributed by atoms with E-state index in [9.17, 15) is 19.5 Å². The van der Waals surface area contributed by atoms with Crippen molar-refractivity contribution >= 4 is 18.0 Å². The summed E-state index contributed by atoms with van der Waals surface area (Å²) in [5, 5.41) is 14.6. The highest BCUT2D eigenvalue weighted by Gasteiger charge is 2.29. The van der Waals surface area contributed by atoms with Gasteiger partial charge in [0.2, 0.25) is 5.91 Å². The van der Waals surface area contributed by atoms with Crippen LogP contribution in [0.2, 0.25) is 0 Å². The molecule has 3 N–H and O–H groups in total. The first kappa shape index (κ1) is 22.9. The van der Waals surface area contributed by atoms with Crippen molar-refractivity contribution in [1.29, 1.82) is 0 Å². The summed E-state index contributed by atoms with van der Waals surface area (Å²) in [7, 11) is 0. The van der Waals surface area contributed by atoms with Crippen LogP contribution >= 0.6 is 0 Å². The van der Waals surface area contributed by atoms with Crippen molar-refractivity contribution in [2.24, 2.45) is 5.92 Å². The van der Waals surface area contributed by atoms with E-state index in [1.807, 2.05) is 60.7 Å². The lowest BCUT2D eigenvalue weighted by atomic mass is 10.0. The highest BCUT2D eigenvalue weighted by molar-refractivity contribution is 5.89. The Hall–Kier alpha value is -3.35. The number of aliphatic carboxylic acids is 1. The summed E-state index contributed by atoms with van der Waals surface area (Å²) in [6, 6.07) is 16.7. The topological polar surface area (TPSA) is 105 Å². The largest absolute Gasteiger partial charge is 0.480 e. The quantitative estimate of drug-likeness (QED) is 0.556. The van der Waals surface area contributed by atoms with Crippen LogP contribution in [0.1, 0.15) is 31.4 Å². The predicted molar refractivity (Wildman–Crippen MR) is 113 cm³/mol. The van der Waals surface area contributed by atoms with Crippen LogP contribution in [0.3, 0.4) is 0 Å². The number of carbonyl (C=O) groups is 3. The van der Waals surface area contributed by atoms with Crippen LogP contribution in [0.15, 0.2) is 60.7 Å². The summed E-state index contributed by atoms with van der Waals surface area (Å²) >= 11 is 0. The van der Waals surface area contributed by atoms with Gasteiger partial charge in [0.05, 0.1) is 0 Å². The van der Waals surface area contributed by atoms with Gasteiger partial charge in [-0.1, -0.05) is 74.5 Å². The predicted octanol–water partition coefficient (Wildman–Crippen LogP) is 3.14. The number of carboxylic acid groups (broad SMARTS) is 1. The fourth-order valence-electron chi connectivity index (χ4n) is 2.90. The lowest BCUT2D eigenvalue weighted by molar-refractivity contribution is -0.142. The van der Waals surface area contributed by atoms with Crippen molar-refractivity contribution < 1.29 is 24.2 Å². The lowest BCUT2D eigenvalue weighted by Gasteiger charge is -2.24. The summed E-state index contributed by atoms with van der Waals surface area (Å²) in [4.78, 5) is 36.4. The zero-order valence-electron chi connectivity index (χ0n) is 17.2. The Labute approximate surface area is 176 Å². The average Bonchev–Trinajstić information content (AvgIpc) is 2.74. The molecule has 0 saturated carbocycles. The molecule has 0 bridgehead atoms. The first-order valence-electron chi connectivity index (χ1n) is 9.91. The zero-order chi connectivity index (χ0) is 21.9. The van der Waals surface area contributed by atoms with Crippen LogP contribution in [0.25, 0.3) is 0 Å². The minimum absolute atomic E-state index is 0.0773. The second kappa shape index (κ2) is 11.6. The van der Waals surface area contributed by atoms with Gasteiger partial charge in [-0.3, -0.25) is 4.79 Å². The number of rotatable bonds is 10. The van der Waals surface area contributed by atoms with Gasteiger partial charge in [0, 0.05) is 0 Å². The molecule has 0 unspecified atom stereocenters. The number of carboxylic acids is 1. The van der Waals surface area contributed by atoms with E-state index in [-0.39, 0.29) is 18.9 Å². The number of ether oxygens (including phenoxy) is 1. The third kappa shape index (κ3) is 7.58. The van der Waals surface area contributed by atoms with E-state index >= 15 is 0 Å². The Morgan fingerprint density at radius 3 is 2.00 bits per heavy atom. The van der Waals surface area contributed by atoms with Crippen LogP contribution in [0.4, 0.5) is 4.79 Å². The fourth-order valence-corrected chi connectivity index (χ4v) is 2.90. The SMILES string of the molecule is CC(C)[C@H](NC(=O)OCc1ccccc1)C(=O)N[C@@H](CCc1ccccc1)C(=O)O. The standard InChI is InChI=1S/C23H28N2O5/c1-16(2)20(25-23(29)30-15-18-11-7-4-8-12-18)21(26)24-19(22(27)28)14-13-17-9-5-3-6-10-17/h3-12,16,19-20H,13-15H2,1-2H3,(H,24,26)(H,25,29)(H,27,28)/t19-,20-/m0/s1. The number of amides is 2. The molecule has 0 heterocycles. The number of hydrogen-bond donors (Lipinski definition) is 3. The Morgan fingerprint density at radius 2 is 1.47 bits per heavy atom. The van der Waals surface area contributed by atoms with E-state index in [2.05, 4.69) is 10.6 Å². The highest BCUT2D eigenvalue weighted by atomic mass is 16.5. The van der Waals surface area contributed by atoms with Crippen molar-refractivity contribution in [2.45, 2.75) is 45.4 Å². The van der Waals surface area contributed by atoms with Gasteiger partial charge in [-0.15, -0.1) is 0 Å².